The number of hydrogen-bond donors (Lipinski definition) is 2. The van der Waals surface area contributed by atoms with Crippen LogP contribution < -0.4 is 11.1 Å². The maximum Gasteiger partial charge on any atom is 0.242 e. The van der Waals surface area contributed by atoms with Crippen molar-refractivity contribution in [2.45, 2.75) is 31.2 Å². The van der Waals surface area contributed by atoms with Crippen molar-refractivity contribution in [1.82, 2.24) is 4.31 Å². The van der Waals surface area contributed by atoms with E-state index >= 15 is 0 Å². The highest BCUT2D eigenvalue weighted by Crippen LogP contribution is 2.17. The minimum absolute atomic E-state index is 0.0818. The average Bonchev–Trinajstić information content (AvgIpc) is 2.45. The number of anilines is 1. The molecule has 0 radical (unpaired) electrons. The Morgan fingerprint density at radius 1 is 1.29 bits per heavy atom. The molecule has 0 aliphatic heterocycles. The van der Waals surface area contributed by atoms with Gasteiger partial charge in [-0.3, -0.25) is 4.79 Å². The molecular weight excluding hydrogens is 290 g/mol. The molecule has 0 heterocycles. The summed E-state index contributed by atoms with van der Waals surface area (Å²) in [5, 5.41) is 2.69. The molecule has 1 rings (SSSR count). The summed E-state index contributed by atoms with van der Waals surface area (Å²) < 4.78 is 25.0. The molecule has 0 spiro atoms. The van der Waals surface area contributed by atoms with Gasteiger partial charge < -0.3 is 11.1 Å². The third kappa shape index (κ3) is 4.26. The first-order chi connectivity index (χ1) is 9.70. The van der Waals surface area contributed by atoms with Crippen molar-refractivity contribution >= 4 is 21.6 Å². The second-order valence-electron chi connectivity index (χ2n) is 5.21. The summed E-state index contributed by atoms with van der Waals surface area (Å²) >= 11 is 0. The van der Waals surface area contributed by atoms with E-state index in [0.29, 0.717) is 5.69 Å². The molecule has 0 fully saturated rings. The number of hydrogen-bond acceptors (Lipinski definition) is 4. The Morgan fingerprint density at radius 2 is 1.81 bits per heavy atom. The lowest BCUT2D eigenvalue weighted by Gasteiger charge is -2.18. The van der Waals surface area contributed by atoms with E-state index in [1.54, 1.807) is 12.1 Å². The molecule has 1 unspecified atom stereocenters. The van der Waals surface area contributed by atoms with Crippen LogP contribution in [0.15, 0.2) is 29.2 Å². The highest BCUT2D eigenvalue weighted by Gasteiger charge is 2.20. The smallest absolute Gasteiger partial charge is 0.242 e. The third-order valence-electron chi connectivity index (χ3n) is 3.46. The normalized spacial score (nSPS) is 14.8. The predicted molar refractivity (Wildman–Crippen MR) is 83.4 cm³/mol. The van der Waals surface area contributed by atoms with E-state index in [-0.39, 0.29) is 16.7 Å². The van der Waals surface area contributed by atoms with Crippen LogP contribution in [-0.2, 0) is 14.8 Å². The van der Waals surface area contributed by atoms with E-state index < -0.39 is 16.1 Å². The molecule has 1 amide bonds. The van der Waals surface area contributed by atoms with Gasteiger partial charge in [-0.2, -0.15) is 0 Å². The number of sulfonamides is 1. The molecule has 2 atom stereocenters. The number of carbonyl (C=O) groups is 1. The average molecular weight is 313 g/mol. The molecular formula is C14H23N3O3S. The van der Waals surface area contributed by atoms with Crippen LogP contribution in [0.3, 0.4) is 0 Å². The molecule has 1 aromatic rings. The fraction of sp³-hybridized carbons (Fsp3) is 0.500. The quantitative estimate of drug-likeness (QED) is 0.826. The van der Waals surface area contributed by atoms with Crippen molar-refractivity contribution in [2.75, 3.05) is 19.4 Å². The zero-order valence-electron chi connectivity index (χ0n) is 12.8. The summed E-state index contributed by atoms with van der Waals surface area (Å²) in [4.78, 5) is 12.1. The van der Waals surface area contributed by atoms with Crippen molar-refractivity contribution in [3.8, 4) is 0 Å². The van der Waals surface area contributed by atoms with Gasteiger partial charge in [-0.25, -0.2) is 12.7 Å². The van der Waals surface area contributed by atoms with E-state index in [4.69, 9.17) is 5.73 Å². The van der Waals surface area contributed by atoms with Crippen LogP contribution >= 0.6 is 0 Å². The number of amides is 1. The van der Waals surface area contributed by atoms with Gasteiger partial charge in [0.05, 0.1) is 10.9 Å². The van der Waals surface area contributed by atoms with Gasteiger partial charge in [0.15, 0.2) is 0 Å². The summed E-state index contributed by atoms with van der Waals surface area (Å²) in [6, 6.07) is 5.44. The lowest BCUT2D eigenvalue weighted by atomic mass is 9.99. The van der Waals surface area contributed by atoms with Gasteiger partial charge in [-0.1, -0.05) is 20.3 Å². The lowest BCUT2D eigenvalue weighted by molar-refractivity contribution is -0.118. The standard InChI is InChI=1S/C14H23N3O3S/c1-5-10(2)13(15)14(18)16-11-6-8-12(9-7-11)21(19,20)17(3)4/h6-10,13H,5,15H2,1-4H3,(H,16,18)/t10?,13-/m0/s1. The van der Waals surface area contributed by atoms with Gasteiger partial charge in [0.25, 0.3) is 0 Å². The summed E-state index contributed by atoms with van der Waals surface area (Å²) in [5.41, 5.74) is 6.37. The van der Waals surface area contributed by atoms with Gasteiger partial charge in [0.2, 0.25) is 15.9 Å². The summed E-state index contributed by atoms with van der Waals surface area (Å²) in [7, 11) is -0.523. The Bertz CT molecular complexity index is 582. The fourth-order valence-corrected chi connectivity index (χ4v) is 2.56. The van der Waals surface area contributed by atoms with Gasteiger partial charge in [-0.15, -0.1) is 0 Å². The first-order valence-corrected chi connectivity index (χ1v) is 8.23. The molecule has 0 aromatic heterocycles. The molecule has 118 valence electrons. The topological polar surface area (TPSA) is 92.5 Å². The van der Waals surface area contributed by atoms with Crippen LogP contribution in [0.5, 0.6) is 0 Å². The molecule has 1 aromatic carbocycles. The second kappa shape index (κ2) is 7.02. The monoisotopic (exact) mass is 313 g/mol. The van der Waals surface area contributed by atoms with Crippen LogP contribution in [-0.4, -0.2) is 38.8 Å². The Kier molecular flexibility index (Phi) is 5.88. The third-order valence-corrected chi connectivity index (χ3v) is 5.29. The van der Waals surface area contributed by atoms with Crippen LogP contribution in [0.25, 0.3) is 0 Å². The van der Waals surface area contributed by atoms with Gasteiger partial charge in [0.1, 0.15) is 0 Å². The highest BCUT2D eigenvalue weighted by molar-refractivity contribution is 7.89. The van der Waals surface area contributed by atoms with E-state index in [2.05, 4.69) is 5.32 Å². The Balaban J connectivity index is 2.83. The zero-order chi connectivity index (χ0) is 16.2. The van der Waals surface area contributed by atoms with Gasteiger partial charge in [-0.05, 0) is 30.2 Å². The number of rotatable bonds is 6. The first kappa shape index (κ1) is 17.6. The highest BCUT2D eigenvalue weighted by atomic mass is 32.2. The van der Waals surface area contributed by atoms with E-state index in [1.807, 2.05) is 13.8 Å². The maximum absolute atomic E-state index is 11.9. The van der Waals surface area contributed by atoms with E-state index in [9.17, 15) is 13.2 Å². The minimum atomic E-state index is -3.46. The molecule has 0 bridgehead atoms. The Hall–Kier alpha value is -1.44. The number of carbonyl (C=O) groups excluding carboxylic acids is 1. The first-order valence-electron chi connectivity index (χ1n) is 6.79. The molecule has 6 nitrogen and oxygen atoms in total. The van der Waals surface area contributed by atoms with Crippen molar-refractivity contribution in [3.05, 3.63) is 24.3 Å². The fourth-order valence-electron chi connectivity index (χ4n) is 1.66. The van der Waals surface area contributed by atoms with Crippen LogP contribution in [0.1, 0.15) is 20.3 Å². The minimum Gasteiger partial charge on any atom is -0.325 e. The summed E-state index contributed by atoms with van der Waals surface area (Å²) in [6.45, 7) is 3.88. The molecule has 3 N–H and O–H groups in total. The maximum atomic E-state index is 11.9. The van der Waals surface area contributed by atoms with Gasteiger partial charge in [0, 0.05) is 19.8 Å². The van der Waals surface area contributed by atoms with Crippen molar-refractivity contribution < 1.29 is 13.2 Å². The molecule has 21 heavy (non-hydrogen) atoms. The zero-order valence-corrected chi connectivity index (χ0v) is 13.6. The number of benzene rings is 1. The number of nitrogens with one attached hydrogen (secondary N) is 1. The van der Waals surface area contributed by atoms with E-state index in [1.165, 1.54) is 26.2 Å². The predicted octanol–water partition coefficient (Wildman–Crippen LogP) is 1.25. The van der Waals surface area contributed by atoms with Crippen molar-refractivity contribution in [1.29, 1.82) is 0 Å². The molecule has 0 aliphatic rings. The molecule has 0 saturated carbocycles. The van der Waals surface area contributed by atoms with E-state index in [0.717, 1.165) is 10.7 Å². The summed E-state index contributed by atoms with van der Waals surface area (Å²) in [5.74, 6) is -0.189. The molecule has 0 aliphatic carbocycles. The van der Waals surface area contributed by atoms with Crippen LogP contribution in [0.2, 0.25) is 0 Å². The Morgan fingerprint density at radius 3 is 2.24 bits per heavy atom. The van der Waals surface area contributed by atoms with Crippen molar-refractivity contribution in [2.24, 2.45) is 11.7 Å². The Labute approximate surface area is 126 Å². The summed E-state index contributed by atoms with van der Waals surface area (Å²) in [6.07, 6.45) is 0.814. The van der Waals surface area contributed by atoms with Crippen LogP contribution in [0.4, 0.5) is 5.69 Å². The largest absolute Gasteiger partial charge is 0.325 e. The second-order valence-corrected chi connectivity index (χ2v) is 7.36. The number of nitrogens with zero attached hydrogens (tertiary/aromatic N) is 1. The SMILES string of the molecule is CCC(C)[C@H](N)C(=O)Nc1ccc(S(=O)(=O)N(C)C)cc1. The molecule has 0 saturated heterocycles. The van der Waals surface area contributed by atoms with Gasteiger partial charge >= 0.3 is 0 Å². The lowest BCUT2D eigenvalue weighted by Crippen LogP contribution is -2.40. The van der Waals surface area contributed by atoms with Crippen molar-refractivity contribution in [3.63, 3.8) is 0 Å². The van der Waals surface area contributed by atoms with Crippen LogP contribution in [0, 0.1) is 5.92 Å². The molecule has 7 heteroatoms. The number of nitrogens with two attached hydrogens (primary N) is 1.